The van der Waals surface area contributed by atoms with Crippen LogP contribution in [-0.4, -0.2) is 47.9 Å². The molecule has 2 rings (SSSR count). The molecule has 1 aromatic rings. The van der Waals surface area contributed by atoms with Gasteiger partial charge in [0.2, 0.25) is 0 Å². The molecule has 0 aliphatic carbocycles. The predicted octanol–water partition coefficient (Wildman–Crippen LogP) is 2.13. The minimum atomic E-state index is -0.861. The van der Waals surface area contributed by atoms with Crippen molar-refractivity contribution in [2.45, 2.75) is 26.1 Å². The molecule has 1 aliphatic rings. The molecule has 1 amide bonds. The van der Waals surface area contributed by atoms with Crippen molar-refractivity contribution < 1.29 is 24.2 Å². The van der Waals surface area contributed by atoms with Crippen molar-refractivity contribution in [3.8, 4) is 0 Å². The number of carboxylic acids is 1. The number of hydrogen-bond donors (Lipinski definition) is 1. The molecule has 0 saturated carbocycles. The van der Waals surface area contributed by atoms with E-state index in [1.807, 2.05) is 37.3 Å². The van der Waals surface area contributed by atoms with Crippen molar-refractivity contribution in [2.75, 3.05) is 19.7 Å². The van der Waals surface area contributed by atoms with Crippen LogP contribution >= 0.6 is 0 Å². The molecule has 0 radical (unpaired) electrons. The summed E-state index contributed by atoms with van der Waals surface area (Å²) in [6.07, 6.45) is -0.633. The molecule has 6 heteroatoms. The molecule has 120 valence electrons. The van der Waals surface area contributed by atoms with Crippen LogP contribution in [0.2, 0.25) is 0 Å². The van der Waals surface area contributed by atoms with E-state index >= 15 is 0 Å². The molecule has 22 heavy (non-hydrogen) atoms. The highest BCUT2D eigenvalue weighted by atomic mass is 16.6. The molecule has 6 nitrogen and oxygen atoms in total. The van der Waals surface area contributed by atoms with Gasteiger partial charge in [0.15, 0.2) is 0 Å². The van der Waals surface area contributed by atoms with Gasteiger partial charge in [-0.05, 0) is 11.5 Å². The molecule has 1 aromatic carbocycles. The SMILES string of the molecule is CC(CC(=O)O)C1CN(C(=O)OCc2ccccc2)CCO1. The van der Waals surface area contributed by atoms with Crippen LogP contribution in [0.25, 0.3) is 0 Å². The first-order valence-electron chi connectivity index (χ1n) is 7.35. The minimum Gasteiger partial charge on any atom is -0.481 e. The van der Waals surface area contributed by atoms with E-state index in [-0.39, 0.29) is 31.1 Å². The molecule has 2 atom stereocenters. The first-order chi connectivity index (χ1) is 10.6. The van der Waals surface area contributed by atoms with Crippen LogP contribution in [0.5, 0.6) is 0 Å². The van der Waals surface area contributed by atoms with Crippen LogP contribution in [0, 0.1) is 5.92 Å². The Morgan fingerprint density at radius 1 is 1.41 bits per heavy atom. The molecule has 0 bridgehead atoms. The van der Waals surface area contributed by atoms with Gasteiger partial charge < -0.3 is 19.5 Å². The first kappa shape index (κ1) is 16.3. The van der Waals surface area contributed by atoms with E-state index in [4.69, 9.17) is 14.6 Å². The topological polar surface area (TPSA) is 76.1 Å². The Morgan fingerprint density at radius 3 is 2.82 bits per heavy atom. The third-order valence-electron chi connectivity index (χ3n) is 3.69. The second-order valence-corrected chi connectivity index (χ2v) is 5.47. The fourth-order valence-corrected chi connectivity index (χ4v) is 2.40. The van der Waals surface area contributed by atoms with E-state index in [0.29, 0.717) is 19.7 Å². The number of carboxylic acid groups (broad SMARTS) is 1. The van der Waals surface area contributed by atoms with E-state index in [0.717, 1.165) is 5.56 Å². The van der Waals surface area contributed by atoms with Crippen LogP contribution in [0.1, 0.15) is 18.9 Å². The maximum Gasteiger partial charge on any atom is 0.410 e. The number of nitrogens with zero attached hydrogens (tertiary/aromatic N) is 1. The van der Waals surface area contributed by atoms with Crippen LogP contribution < -0.4 is 0 Å². The number of carbonyl (C=O) groups is 2. The number of morpholine rings is 1. The lowest BCUT2D eigenvalue weighted by molar-refractivity contribution is -0.140. The van der Waals surface area contributed by atoms with E-state index in [1.54, 1.807) is 4.90 Å². The van der Waals surface area contributed by atoms with Gasteiger partial charge in [0.05, 0.1) is 25.7 Å². The normalized spacial score (nSPS) is 19.5. The van der Waals surface area contributed by atoms with E-state index < -0.39 is 5.97 Å². The minimum absolute atomic E-state index is 0.0254. The van der Waals surface area contributed by atoms with Gasteiger partial charge in [0.25, 0.3) is 0 Å². The molecule has 0 aromatic heterocycles. The number of amides is 1. The standard InChI is InChI=1S/C16H21NO5/c1-12(9-15(18)19)14-10-17(7-8-21-14)16(20)22-11-13-5-3-2-4-6-13/h2-6,12,14H,7-11H2,1H3,(H,18,19). The Balaban J connectivity index is 1.83. The van der Waals surface area contributed by atoms with Crippen molar-refractivity contribution in [3.63, 3.8) is 0 Å². The zero-order valence-corrected chi connectivity index (χ0v) is 12.6. The van der Waals surface area contributed by atoms with Crippen molar-refractivity contribution in [2.24, 2.45) is 5.92 Å². The fourth-order valence-electron chi connectivity index (χ4n) is 2.40. The quantitative estimate of drug-likeness (QED) is 0.902. The molecule has 1 saturated heterocycles. The van der Waals surface area contributed by atoms with E-state index in [2.05, 4.69) is 0 Å². The van der Waals surface area contributed by atoms with Gasteiger partial charge >= 0.3 is 12.1 Å². The lowest BCUT2D eigenvalue weighted by Crippen LogP contribution is -2.48. The van der Waals surface area contributed by atoms with Gasteiger partial charge in [-0.2, -0.15) is 0 Å². The number of ether oxygens (including phenoxy) is 2. The lowest BCUT2D eigenvalue weighted by atomic mass is 9.99. The number of aliphatic carboxylic acids is 1. The summed E-state index contributed by atoms with van der Waals surface area (Å²) < 4.78 is 10.9. The third kappa shape index (κ3) is 4.73. The number of hydrogen-bond acceptors (Lipinski definition) is 4. The van der Waals surface area contributed by atoms with Crippen LogP contribution in [-0.2, 0) is 20.9 Å². The van der Waals surface area contributed by atoms with Gasteiger partial charge in [-0.25, -0.2) is 4.79 Å². The van der Waals surface area contributed by atoms with E-state index in [1.165, 1.54) is 0 Å². The van der Waals surface area contributed by atoms with Gasteiger partial charge in [-0.3, -0.25) is 4.79 Å². The Labute approximate surface area is 129 Å². The Hall–Kier alpha value is -2.08. The molecular formula is C16H21NO5. The fraction of sp³-hybridized carbons (Fsp3) is 0.500. The van der Waals surface area contributed by atoms with Gasteiger partial charge in [-0.1, -0.05) is 37.3 Å². The maximum absolute atomic E-state index is 12.1. The summed E-state index contributed by atoms with van der Waals surface area (Å²) in [5.74, 6) is -1.01. The van der Waals surface area contributed by atoms with Crippen molar-refractivity contribution in [1.29, 1.82) is 0 Å². The highest BCUT2D eigenvalue weighted by molar-refractivity contribution is 5.68. The molecule has 0 spiro atoms. The Bertz CT molecular complexity index is 505. The average molecular weight is 307 g/mol. The molecule has 1 N–H and O–H groups in total. The summed E-state index contributed by atoms with van der Waals surface area (Å²) in [6, 6.07) is 9.47. The third-order valence-corrected chi connectivity index (χ3v) is 3.69. The van der Waals surface area contributed by atoms with Gasteiger partial charge in [-0.15, -0.1) is 0 Å². The smallest absolute Gasteiger partial charge is 0.410 e. The molecule has 2 unspecified atom stereocenters. The van der Waals surface area contributed by atoms with Crippen LogP contribution in [0.3, 0.4) is 0 Å². The second kappa shape index (κ2) is 7.79. The summed E-state index contributed by atoms with van der Waals surface area (Å²) in [6.45, 7) is 3.27. The Kier molecular flexibility index (Phi) is 5.77. The Morgan fingerprint density at radius 2 is 2.14 bits per heavy atom. The number of benzene rings is 1. The summed E-state index contributed by atoms with van der Waals surface area (Å²) in [5.41, 5.74) is 0.930. The van der Waals surface area contributed by atoms with Gasteiger partial charge in [0.1, 0.15) is 6.61 Å². The predicted molar refractivity (Wildman–Crippen MR) is 79.4 cm³/mol. The highest BCUT2D eigenvalue weighted by Crippen LogP contribution is 2.18. The molecule has 1 heterocycles. The summed E-state index contributed by atoms with van der Waals surface area (Å²) in [4.78, 5) is 24.4. The molecular weight excluding hydrogens is 286 g/mol. The molecule has 1 aliphatic heterocycles. The number of rotatable bonds is 5. The summed E-state index contributed by atoms with van der Waals surface area (Å²) >= 11 is 0. The van der Waals surface area contributed by atoms with Crippen molar-refractivity contribution >= 4 is 12.1 Å². The van der Waals surface area contributed by atoms with Crippen molar-refractivity contribution in [3.05, 3.63) is 35.9 Å². The summed E-state index contributed by atoms with van der Waals surface area (Å²) in [5, 5.41) is 8.84. The zero-order valence-electron chi connectivity index (χ0n) is 12.6. The lowest BCUT2D eigenvalue weighted by Gasteiger charge is -2.34. The maximum atomic E-state index is 12.1. The second-order valence-electron chi connectivity index (χ2n) is 5.47. The summed E-state index contributed by atoms with van der Waals surface area (Å²) in [7, 11) is 0. The zero-order chi connectivity index (χ0) is 15.9. The highest BCUT2D eigenvalue weighted by Gasteiger charge is 2.29. The first-order valence-corrected chi connectivity index (χ1v) is 7.35. The monoisotopic (exact) mass is 307 g/mol. The largest absolute Gasteiger partial charge is 0.481 e. The van der Waals surface area contributed by atoms with Crippen molar-refractivity contribution in [1.82, 2.24) is 4.90 Å². The van der Waals surface area contributed by atoms with Gasteiger partial charge in [0, 0.05) is 6.54 Å². The number of carbonyl (C=O) groups excluding carboxylic acids is 1. The van der Waals surface area contributed by atoms with Crippen LogP contribution in [0.15, 0.2) is 30.3 Å². The average Bonchev–Trinajstić information content (AvgIpc) is 2.53. The van der Waals surface area contributed by atoms with E-state index in [9.17, 15) is 9.59 Å². The molecule has 1 fully saturated rings. The van der Waals surface area contributed by atoms with Crippen LogP contribution in [0.4, 0.5) is 4.79 Å².